The van der Waals surface area contributed by atoms with Gasteiger partial charge in [-0.2, -0.15) is 0 Å². The Morgan fingerprint density at radius 1 is 1.20 bits per heavy atom. The average molecular weight is 517 g/mol. The number of aliphatic hydroxyl groups excluding tert-OH is 2. The monoisotopic (exact) mass is 517 g/mol. The summed E-state index contributed by atoms with van der Waals surface area (Å²) in [7, 11) is -4.52. The van der Waals surface area contributed by atoms with Gasteiger partial charge in [-0.05, 0) is 26.2 Å². The Kier molecular flexibility index (Phi) is 7.87. The third kappa shape index (κ3) is 5.19. The highest BCUT2D eigenvalue weighted by molar-refractivity contribution is 7.54. The highest BCUT2D eigenvalue weighted by Crippen LogP contribution is 2.59. The fraction of sp³-hybridized carbons (Fsp3) is 0.700. The summed E-state index contributed by atoms with van der Waals surface area (Å²) in [6.45, 7) is 6.19. The molecule has 6 unspecified atom stereocenters. The Labute approximate surface area is 200 Å². The third-order valence-electron chi connectivity index (χ3n) is 6.69. The molecule has 196 valence electrons. The zero-order valence-electron chi connectivity index (χ0n) is 19.9. The highest BCUT2D eigenvalue weighted by Gasteiger charge is 2.51. The second-order valence-corrected chi connectivity index (χ2v) is 11.0. The lowest BCUT2D eigenvalue weighted by molar-refractivity contribution is -0.0775. The predicted octanol–water partition coefficient (Wildman–Crippen LogP) is 0.00590. The van der Waals surface area contributed by atoms with Crippen molar-refractivity contribution in [3.05, 3.63) is 39.4 Å². The molecule has 35 heavy (non-hydrogen) atoms. The lowest BCUT2D eigenvalue weighted by atomic mass is 9.88. The number of nitrogens with one attached hydrogen (secondary N) is 1. The van der Waals surface area contributed by atoms with Gasteiger partial charge in [0.25, 0.3) is 5.56 Å². The van der Waals surface area contributed by atoms with Crippen LogP contribution in [0.2, 0.25) is 0 Å². The highest BCUT2D eigenvalue weighted by atomic mass is 31.2. The Hall–Kier alpha value is -2.19. The molecule has 0 radical (unpaired) electrons. The number of rotatable bonds is 10. The van der Waals surface area contributed by atoms with Crippen LogP contribution in [0.4, 0.5) is 0 Å². The largest absolute Gasteiger partial charge is 0.388 e. The van der Waals surface area contributed by atoms with Crippen molar-refractivity contribution in [2.24, 2.45) is 0 Å². The number of hydrogen-bond donors (Lipinski definition) is 5. The topological polar surface area (TPSA) is 202 Å². The van der Waals surface area contributed by atoms with Gasteiger partial charge in [-0.1, -0.05) is 26.0 Å². The Balaban J connectivity index is 1.91. The Morgan fingerprint density at radius 3 is 2.40 bits per heavy atom. The zero-order valence-corrected chi connectivity index (χ0v) is 20.8. The summed E-state index contributed by atoms with van der Waals surface area (Å²) in [5.74, 6) is 0. The number of aromatic nitrogens is 5. The van der Waals surface area contributed by atoms with Gasteiger partial charge in [0.15, 0.2) is 11.6 Å². The van der Waals surface area contributed by atoms with E-state index in [1.165, 1.54) is 19.3 Å². The number of nitrogens with zero attached hydrogens (tertiary/aromatic N) is 4. The van der Waals surface area contributed by atoms with Crippen molar-refractivity contribution in [1.82, 2.24) is 24.5 Å². The Morgan fingerprint density at radius 2 is 1.86 bits per heavy atom. The van der Waals surface area contributed by atoms with E-state index in [0.29, 0.717) is 0 Å². The smallest absolute Gasteiger partial charge is 0.359 e. The van der Waals surface area contributed by atoms with Crippen molar-refractivity contribution in [2.45, 2.75) is 88.9 Å². The summed E-state index contributed by atoms with van der Waals surface area (Å²) in [5, 5.41) is 37.1. The maximum absolute atomic E-state index is 12.9. The molecule has 0 aromatic carbocycles. The van der Waals surface area contributed by atoms with E-state index in [9.17, 15) is 34.4 Å². The van der Waals surface area contributed by atoms with E-state index >= 15 is 0 Å². The first-order valence-electron chi connectivity index (χ1n) is 11.3. The van der Waals surface area contributed by atoms with Gasteiger partial charge in [0.2, 0.25) is 0 Å². The molecule has 6 atom stereocenters. The van der Waals surface area contributed by atoms with Crippen molar-refractivity contribution in [3.8, 4) is 5.69 Å². The number of H-pyrrole nitrogens is 1. The van der Waals surface area contributed by atoms with E-state index in [1.54, 1.807) is 20.8 Å². The standard InChI is InChI=1S/C20H32N5O9P/c1-5-19(4,30)35(31,32)34-20(6-2,7-3)10-13-14(26)15(27)17(33-13)24-11-12(16(28)22-18(24)29)25-9-8-21-23-25/h8-9,11,13-15,17,26-27,30H,5-7,10H2,1-4H3,(H,31,32)(H,22,28,29). The number of aliphatic hydroxyl groups is 3. The van der Waals surface area contributed by atoms with Crippen LogP contribution in [0, 0.1) is 0 Å². The van der Waals surface area contributed by atoms with Crippen LogP contribution in [-0.2, 0) is 13.8 Å². The summed E-state index contributed by atoms with van der Waals surface area (Å²) < 4.78 is 26.4. The van der Waals surface area contributed by atoms with Crippen molar-refractivity contribution < 1.29 is 34.0 Å². The van der Waals surface area contributed by atoms with Crippen LogP contribution in [-0.4, -0.2) is 74.0 Å². The van der Waals surface area contributed by atoms with E-state index in [2.05, 4.69) is 15.3 Å². The fourth-order valence-corrected chi connectivity index (χ4v) is 5.38. The molecule has 1 saturated heterocycles. The molecule has 1 aliphatic rings. The molecule has 3 rings (SSSR count). The van der Waals surface area contributed by atoms with Crippen LogP contribution in [0.25, 0.3) is 5.69 Å². The normalized spacial score (nSPS) is 26.4. The van der Waals surface area contributed by atoms with Crippen molar-refractivity contribution >= 4 is 7.60 Å². The van der Waals surface area contributed by atoms with E-state index in [-0.39, 0.29) is 31.4 Å². The number of aromatic amines is 1. The fourth-order valence-electron chi connectivity index (χ4n) is 3.92. The second-order valence-electron chi connectivity index (χ2n) is 8.85. The molecule has 0 spiro atoms. The van der Waals surface area contributed by atoms with E-state index < -0.39 is 54.3 Å². The molecule has 2 aromatic heterocycles. The third-order valence-corrected chi connectivity index (χ3v) is 8.86. The molecule has 0 bridgehead atoms. The first-order chi connectivity index (χ1) is 16.3. The molecule has 1 aliphatic heterocycles. The van der Waals surface area contributed by atoms with Gasteiger partial charge in [-0.25, -0.2) is 9.48 Å². The molecule has 0 amide bonds. The first kappa shape index (κ1) is 27.4. The molecule has 0 aliphatic carbocycles. The van der Waals surface area contributed by atoms with Crippen molar-refractivity contribution in [3.63, 3.8) is 0 Å². The Bertz CT molecular complexity index is 1170. The van der Waals surface area contributed by atoms with Crippen molar-refractivity contribution in [1.29, 1.82) is 0 Å². The summed E-state index contributed by atoms with van der Waals surface area (Å²) in [6.07, 6.45) is -1.38. The average Bonchev–Trinajstić information content (AvgIpc) is 3.43. The molecule has 0 saturated carbocycles. The number of ether oxygens (including phenoxy) is 1. The first-order valence-corrected chi connectivity index (χ1v) is 12.9. The SMILES string of the molecule is CCC(CC)(CC1OC(n2cc(-n3ccnn3)c(=O)[nH]c2=O)C(O)C1O)OP(=O)(O)C(C)(O)CC. The molecular weight excluding hydrogens is 485 g/mol. The van der Waals surface area contributed by atoms with E-state index in [4.69, 9.17) is 9.26 Å². The van der Waals surface area contributed by atoms with Crippen LogP contribution >= 0.6 is 7.60 Å². The van der Waals surface area contributed by atoms with Gasteiger partial charge in [-0.3, -0.25) is 23.4 Å². The second kappa shape index (κ2) is 10.1. The molecule has 3 heterocycles. The van der Waals surface area contributed by atoms with Gasteiger partial charge in [0.1, 0.15) is 17.9 Å². The zero-order chi connectivity index (χ0) is 26.2. The summed E-state index contributed by atoms with van der Waals surface area (Å²) >= 11 is 0. The van der Waals surface area contributed by atoms with E-state index in [0.717, 1.165) is 15.4 Å². The van der Waals surface area contributed by atoms with Gasteiger partial charge < -0.3 is 24.9 Å². The van der Waals surface area contributed by atoms with Crippen LogP contribution < -0.4 is 11.2 Å². The molecule has 15 heteroatoms. The quantitative estimate of drug-likeness (QED) is 0.266. The predicted molar refractivity (Wildman–Crippen MR) is 122 cm³/mol. The minimum absolute atomic E-state index is 0.0309. The minimum Gasteiger partial charge on any atom is -0.388 e. The maximum Gasteiger partial charge on any atom is 0.359 e. The lowest BCUT2D eigenvalue weighted by Gasteiger charge is -2.39. The minimum atomic E-state index is -4.52. The van der Waals surface area contributed by atoms with Crippen molar-refractivity contribution in [2.75, 3.05) is 0 Å². The van der Waals surface area contributed by atoms with Crippen LogP contribution in [0.5, 0.6) is 0 Å². The molecule has 1 fully saturated rings. The molecule has 14 nitrogen and oxygen atoms in total. The van der Waals surface area contributed by atoms with Gasteiger partial charge in [0.05, 0.1) is 24.1 Å². The van der Waals surface area contributed by atoms with Crippen LogP contribution in [0.15, 0.2) is 28.2 Å². The summed E-state index contributed by atoms with van der Waals surface area (Å²) in [5.41, 5.74) is -2.99. The van der Waals surface area contributed by atoms with Gasteiger partial charge in [-0.15, -0.1) is 5.10 Å². The van der Waals surface area contributed by atoms with Crippen LogP contribution in [0.1, 0.15) is 59.6 Å². The van der Waals surface area contributed by atoms with E-state index in [1.807, 2.05) is 0 Å². The summed E-state index contributed by atoms with van der Waals surface area (Å²) in [4.78, 5) is 37.3. The molecular formula is C20H32N5O9P. The number of hydrogen-bond acceptors (Lipinski definition) is 10. The molecule has 5 N–H and O–H groups in total. The van der Waals surface area contributed by atoms with Gasteiger partial charge >= 0.3 is 13.3 Å². The molecule has 2 aromatic rings. The summed E-state index contributed by atoms with van der Waals surface area (Å²) in [6, 6.07) is 0. The lowest BCUT2D eigenvalue weighted by Crippen LogP contribution is -2.41. The maximum atomic E-state index is 12.9. The van der Waals surface area contributed by atoms with Gasteiger partial charge in [0, 0.05) is 12.6 Å². The van der Waals surface area contributed by atoms with Crippen LogP contribution in [0.3, 0.4) is 0 Å².